The van der Waals surface area contributed by atoms with Gasteiger partial charge in [0.1, 0.15) is 5.54 Å². The number of imide groups is 1. The van der Waals surface area contributed by atoms with Gasteiger partial charge in [0.05, 0.1) is 0 Å². The topological polar surface area (TPSA) is 78.5 Å². The van der Waals surface area contributed by atoms with Gasteiger partial charge in [-0.1, -0.05) is 43.3 Å². The van der Waals surface area contributed by atoms with Crippen LogP contribution in [0, 0.1) is 0 Å². The Balaban J connectivity index is 1.78. The Morgan fingerprint density at radius 1 is 1.24 bits per heavy atom. The highest BCUT2D eigenvalue weighted by atomic mass is 32.1. The number of amides is 4. The van der Waals surface area contributed by atoms with Crippen LogP contribution in [0.5, 0.6) is 0 Å². The van der Waals surface area contributed by atoms with Crippen LogP contribution in [-0.2, 0) is 15.1 Å². The molecule has 1 fully saturated rings. The average Bonchev–Trinajstić information content (AvgIpc) is 3.23. The van der Waals surface area contributed by atoms with Gasteiger partial charge in [0.15, 0.2) is 0 Å². The van der Waals surface area contributed by atoms with E-state index >= 15 is 0 Å². The molecule has 0 radical (unpaired) electrons. The van der Waals surface area contributed by atoms with Gasteiger partial charge in [0, 0.05) is 11.0 Å². The Kier molecular flexibility index (Phi) is 4.67. The molecule has 128 valence electrons. The lowest BCUT2D eigenvalue weighted by Gasteiger charge is -2.25. The van der Waals surface area contributed by atoms with Crippen LogP contribution >= 0.6 is 11.3 Å². The smallest absolute Gasteiger partial charge is 0.318 e. The molecule has 1 atom stereocenters. The molecule has 4 amide bonds. The van der Waals surface area contributed by atoms with Gasteiger partial charge in [-0.2, -0.15) is 5.01 Å². The predicted molar refractivity (Wildman–Crippen MR) is 95.3 cm³/mol. The SMILES string of the molecule is CC[C@]1(c2ccccc2)NC(=O)N(NC(=O)/C=C/c2cccs2)C1=O. The quantitative estimate of drug-likeness (QED) is 0.639. The molecule has 0 aliphatic carbocycles. The van der Waals surface area contributed by atoms with Gasteiger partial charge >= 0.3 is 6.03 Å². The van der Waals surface area contributed by atoms with E-state index in [1.807, 2.05) is 30.5 Å². The maximum atomic E-state index is 12.8. The van der Waals surface area contributed by atoms with Gasteiger partial charge < -0.3 is 5.32 Å². The summed E-state index contributed by atoms with van der Waals surface area (Å²) in [4.78, 5) is 38.1. The number of urea groups is 1. The van der Waals surface area contributed by atoms with Crippen LogP contribution in [0.3, 0.4) is 0 Å². The first-order chi connectivity index (χ1) is 12.1. The van der Waals surface area contributed by atoms with Gasteiger partial charge in [-0.3, -0.25) is 15.0 Å². The number of hydrogen-bond acceptors (Lipinski definition) is 4. The number of carbonyl (C=O) groups is 3. The second-order valence-corrected chi connectivity index (χ2v) is 6.50. The summed E-state index contributed by atoms with van der Waals surface area (Å²) in [6.07, 6.45) is 3.29. The average molecular weight is 355 g/mol. The molecule has 0 unspecified atom stereocenters. The highest BCUT2D eigenvalue weighted by molar-refractivity contribution is 7.10. The van der Waals surface area contributed by atoms with E-state index in [1.165, 1.54) is 17.4 Å². The molecule has 0 bridgehead atoms. The Labute approximate surface area is 149 Å². The molecule has 1 aliphatic heterocycles. The summed E-state index contributed by atoms with van der Waals surface area (Å²) in [5.74, 6) is -1.04. The zero-order valence-electron chi connectivity index (χ0n) is 13.6. The van der Waals surface area contributed by atoms with E-state index in [9.17, 15) is 14.4 Å². The number of nitrogens with one attached hydrogen (secondary N) is 2. The first-order valence-electron chi connectivity index (χ1n) is 7.81. The van der Waals surface area contributed by atoms with Crippen molar-refractivity contribution in [3.05, 3.63) is 64.4 Å². The third kappa shape index (κ3) is 3.18. The molecule has 6 nitrogen and oxygen atoms in total. The second kappa shape index (κ2) is 6.90. The van der Waals surface area contributed by atoms with Crippen LogP contribution in [-0.4, -0.2) is 22.9 Å². The van der Waals surface area contributed by atoms with Crippen molar-refractivity contribution in [1.29, 1.82) is 0 Å². The van der Waals surface area contributed by atoms with E-state index in [0.29, 0.717) is 12.0 Å². The Bertz CT molecular complexity index is 817. The van der Waals surface area contributed by atoms with Crippen molar-refractivity contribution in [1.82, 2.24) is 15.8 Å². The van der Waals surface area contributed by atoms with E-state index in [4.69, 9.17) is 0 Å². The van der Waals surface area contributed by atoms with E-state index in [2.05, 4.69) is 10.7 Å². The Morgan fingerprint density at radius 3 is 2.64 bits per heavy atom. The van der Waals surface area contributed by atoms with Crippen molar-refractivity contribution in [3.63, 3.8) is 0 Å². The van der Waals surface area contributed by atoms with Crippen LogP contribution in [0.4, 0.5) is 4.79 Å². The first-order valence-corrected chi connectivity index (χ1v) is 8.69. The van der Waals surface area contributed by atoms with E-state index in [-0.39, 0.29) is 0 Å². The maximum absolute atomic E-state index is 12.8. The summed E-state index contributed by atoms with van der Waals surface area (Å²) in [6.45, 7) is 1.81. The number of thiophene rings is 1. The zero-order valence-corrected chi connectivity index (χ0v) is 14.4. The fraction of sp³-hybridized carbons (Fsp3) is 0.167. The minimum Gasteiger partial charge on any atom is -0.318 e. The van der Waals surface area contributed by atoms with Crippen molar-refractivity contribution in [3.8, 4) is 0 Å². The molecule has 1 aromatic heterocycles. The normalized spacial score (nSPS) is 20.1. The minimum absolute atomic E-state index is 0.374. The van der Waals surface area contributed by atoms with Crippen molar-refractivity contribution in [2.75, 3.05) is 0 Å². The summed E-state index contributed by atoms with van der Waals surface area (Å²) >= 11 is 1.48. The summed E-state index contributed by atoms with van der Waals surface area (Å²) in [6, 6.07) is 12.1. The third-order valence-corrected chi connectivity index (χ3v) is 4.89. The minimum atomic E-state index is -1.16. The molecule has 2 aromatic rings. The molecule has 0 saturated carbocycles. The number of rotatable bonds is 5. The monoisotopic (exact) mass is 355 g/mol. The zero-order chi connectivity index (χ0) is 17.9. The molecule has 3 rings (SSSR count). The van der Waals surface area contributed by atoms with E-state index in [1.54, 1.807) is 30.3 Å². The summed E-state index contributed by atoms with van der Waals surface area (Å²) in [5.41, 5.74) is 1.87. The molecule has 25 heavy (non-hydrogen) atoms. The molecule has 7 heteroatoms. The molecule has 1 aliphatic rings. The van der Waals surface area contributed by atoms with Gasteiger partial charge in [-0.25, -0.2) is 4.79 Å². The number of benzene rings is 1. The Morgan fingerprint density at radius 2 is 2.00 bits per heavy atom. The van der Waals surface area contributed by atoms with Crippen molar-refractivity contribution < 1.29 is 14.4 Å². The molecule has 1 saturated heterocycles. The van der Waals surface area contributed by atoms with Crippen LogP contribution in [0.25, 0.3) is 6.08 Å². The summed E-state index contributed by atoms with van der Waals surface area (Å²) in [5, 5.41) is 5.35. The highest BCUT2D eigenvalue weighted by Gasteiger charge is 2.52. The second-order valence-electron chi connectivity index (χ2n) is 5.52. The largest absolute Gasteiger partial charge is 0.344 e. The fourth-order valence-corrected chi connectivity index (χ4v) is 3.35. The number of hydrogen-bond donors (Lipinski definition) is 2. The van der Waals surface area contributed by atoms with Gasteiger partial charge in [-0.05, 0) is 29.5 Å². The van der Waals surface area contributed by atoms with E-state index < -0.39 is 23.4 Å². The van der Waals surface area contributed by atoms with Crippen LogP contribution in [0.2, 0.25) is 0 Å². The van der Waals surface area contributed by atoms with Crippen LogP contribution in [0.15, 0.2) is 53.9 Å². The number of carbonyl (C=O) groups excluding carboxylic acids is 3. The summed E-state index contributed by atoms with van der Waals surface area (Å²) in [7, 11) is 0. The molecule has 2 N–H and O–H groups in total. The van der Waals surface area contributed by atoms with Crippen molar-refractivity contribution in [2.45, 2.75) is 18.9 Å². The predicted octanol–water partition coefficient (Wildman–Crippen LogP) is 2.65. The molecular weight excluding hydrogens is 338 g/mol. The summed E-state index contributed by atoms with van der Waals surface area (Å²) < 4.78 is 0. The number of nitrogens with zero attached hydrogens (tertiary/aromatic N) is 1. The lowest BCUT2D eigenvalue weighted by Crippen LogP contribution is -2.48. The fourth-order valence-electron chi connectivity index (χ4n) is 2.73. The standard InChI is InChI=1S/C18H17N3O3S/c1-2-18(13-7-4-3-5-8-13)16(23)21(17(24)19-18)20-15(22)11-10-14-9-6-12-25-14/h3-12H,2H2,1H3,(H,19,24)(H,20,22)/b11-10+/t18-/m1/s1. The molecular formula is C18H17N3O3S. The lowest BCUT2D eigenvalue weighted by atomic mass is 9.87. The highest BCUT2D eigenvalue weighted by Crippen LogP contribution is 2.31. The van der Waals surface area contributed by atoms with Gasteiger partial charge in [0.2, 0.25) is 0 Å². The molecule has 2 heterocycles. The van der Waals surface area contributed by atoms with Gasteiger partial charge in [0.25, 0.3) is 11.8 Å². The Hall–Kier alpha value is -2.93. The van der Waals surface area contributed by atoms with E-state index in [0.717, 1.165) is 9.89 Å². The maximum Gasteiger partial charge on any atom is 0.344 e. The first kappa shape index (κ1) is 16.9. The van der Waals surface area contributed by atoms with Crippen LogP contribution in [0.1, 0.15) is 23.8 Å². The van der Waals surface area contributed by atoms with Crippen molar-refractivity contribution >= 4 is 35.3 Å². The lowest BCUT2D eigenvalue weighted by molar-refractivity contribution is -0.138. The van der Waals surface area contributed by atoms with Crippen molar-refractivity contribution in [2.24, 2.45) is 0 Å². The molecule has 0 spiro atoms. The van der Waals surface area contributed by atoms with Gasteiger partial charge in [-0.15, -0.1) is 11.3 Å². The third-order valence-electron chi connectivity index (χ3n) is 4.05. The number of hydrazine groups is 1. The molecule has 1 aromatic carbocycles. The van der Waals surface area contributed by atoms with Crippen LogP contribution < -0.4 is 10.7 Å².